The number of nitrogens with two attached hydrogens (primary N) is 1. The maximum Gasteiger partial charge on any atom is 0.243 e. The number of nitrogen functional groups attached to an aromatic ring is 1. The largest absolute Gasteiger partial charge is 0.398 e. The second-order valence-corrected chi connectivity index (χ2v) is 6.29. The van der Waals surface area contributed by atoms with Crippen molar-refractivity contribution in [3.63, 3.8) is 0 Å². The Kier molecular flexibility index (Phi) is 5.34. The molecule has 0 saturated heterocycles. The van der Waals surface area contributed by atoms with Gasteiger partial charge >= 0.3 is 0 Å². The van der Waals surface area contributed by atoms with Gasteiger partial charge in [-0.15, -0.1) is 0 Å². The monoisotopic (exact) mass is 286 g/mol. The summed E-state index contributed by atoms with van der Waals surface area (Å²) in [6.45, 7) is 6.43. The Morgan fingerprint density at radius 3 is 2.47 bits per heavy atom. The van der Waals surface area contributed by atoms with E-state index in [4.69, 9.17) is 10.5 Å². The third-order valence-electron chi connectivity index (χ3n) is 3.14. The Balaban J connectivity index is 3.30. The standard InChI is InChI=1S/C13H22N2O3S/c1-5-15(8-9-18-4)19(16,17)13-10(2)6-7-12(14)11(13)3/h6-7H,5,8-9,14H2,1-4H3. The van der Waals surface area contributed by atoms with Crippen LogP contribution in [-0.2, 0) is 14.8 Å². The predicted molar refractivity (Wildman–Crippen MR) is 76.6 cm³/mol. The van der Waals surface area contributed by atoms with Crippen LogP contribution in [0, 0.1) is 13.8 Å². The highest BCUT2D eigenvalue weighted by Crippen LogP contribution is 2.27. The summed E-state index contributed by atoms with van der Waals surface area (Å²) in [5.41, 5.74) is 7.63. The average molecular weight is 286 g/mol. The number of aryl methyl sites for hydroxylation is 1. The van der Waals surface area contributed by atoms with Crippen molar-refractivity contribution in [1.82, 2.24) is 4.31 Å². The Morgan fingerprint density at radius 2 is 1.95 bits per heavy atom. The van der Waals surface area contributed by atoms with Gasteiger partial charge in [-0.25, -0.2) is 8.42 Å². The van der Waals surface area contributed by atoms with Crippen molar-refractivity contribution in [2.45, 2.75) is 25.7 Å². The lowest BCUT2D eigenvalue weighted by Gasteiger charge is -2.23. The van der Waals surface area contributed by atoms with Crippen molar-refractivity contribution < 1.29 is 13.2 Å². The summed E-state index contributed by atoms with van der Waals surface area (Å²) in [6.07, 6.45) is 0. The molecular formula is C13H22N2O3S. The van der Waals surface area contributed by atoms with E-state index in [2.05, 4.69) is 0 Å². The highest BCUT2D eigenvalue weighted by Gasteiger charge is 2.27. The maximum absolute atomic E-state index is 12.7. The van der Waals surface area contributed by atoms with E-state index in [9.17, 15) is 8.42 Å². The molecule has 0 bridgehead atoms. The fraction of sp³-hybridized carbons (Fsp3) is 0.538. The lowest BCUT2D eigenvalue weighted by Crippen LogP contribution is -2.34. The molecule has 0 aliphatic rings. The topological polar surface area (TPSA) is 72.6 Å². The zero-order valence-electron chi connectivity index (χ0n) is 11.9. The molecule has 0 radical (unpaired) electrons. The second-order valence-electron chi connectivity index (χ2n) is 4.42. The van der Waals surface area contributed by atoms with Crippen molar-refractivity contribution in [2.24, 2.45) is 0 Å². The predicted octanol–water partition coefficient (Wildman–Crippen LogP) is 1.54. The fourth-order valence-electron chi connectivity index (χ4n) is 2.01. The summed E-state index contributed by atoms with van der Waals surface area (Å²) in [5.74, 6) is 0. The molecule has 19 heavy (non-hydrogen) atoms. The van der Waals surface area contributed by atoms with Gasteiger partial charge in [-0.1, -0.05) is 13.0 Å². The molecule has 108 valence electrons. The van der Waals surface area contributed by atoms with Crippen LogP contribution >= 0.6 is 0 Å². The Hall–Kier alpha value is -1.11. The third-order valence-corrected chi connectivity index (χ3v) is 5.40. The van der Waals surface area contributed by atoms with E-state index in [1.807, 2.05) is 6.92 Å². The molecule has 0 atom stereocenters. The molecule has 0 saturated carbocycles. The first kappa shape index (κ1) is 15.9. The van der Waals surface area contributed by atoms with Crippen LogP contribution in [0.4, 0.5) is 5.69 Å². The molecule has 0 amide bonds. The lowest BCUT2D eigenvalue weighted by molar-refractivity contribution is 0.180. The normalized spacial score (nSPS) is 12.1. The van der Waals surface area contributed by atoms with Crippen LogP contribution in [0.3, 0.4) is 0 Å². The van der Waals surface area contributed by atoms with Crippen LogP contribution in [0.1, 0.15) is 18.1 Å². The first-order chi connectivity index (χ1) is 8.86. The fourth-order valence-corrected chi connectivity index (χ4v) is 3.90. The van der Waals surface area contributed by atoms with E-state index in [1.54, 1.807) is 33.1 Å². The molecule has 0 unspecified atom stereocenters. The third kappa shape index (κ3) is 3.26. The van der Waals surface area contributed by atoms with Crippen LogP contribution < -0.4 is 5.73 Å². The molecular weight excluding hydrogens is 264 g/mol. The zero-order chi connectivity index (χ0) is 14.6. The Bertz CT molecular complexity index is 541. The van der Waals surface area contributed by atoms with Gasteiger partial charge in [0.15, 0.2) is 0 Å². The highest BCUT2D eigenvalue weighted by molar-refractivity contribution is 7.89. The molecule has 1 rings (SSSR count). The number of hydrogen-bond donors (Lipinski definition) is 1. The minimum Gasteiger partial charge on any atom is -0.398 e. The van der Waals surface area contributed by atoms with E-state index in [0.29, 0.717) is 41.4 Å². The average Bonchev–Trinajstić information content (AvgIpc) is 2.34. The van der Waals surface area contributed by atoms with E-state index in [-0.39, 0.29) is 0 Å². The summed E-state index contributed by atoms with van der Waals surface area (Å²) in [4.78, 5) is 0.311. The molecule has 0 aliphatic carbocycles. The minimum atomic E-state index is -3.53. The van der Waals surface area contributed by atoms with E-state index in [0.717, 1.165) is 0 Å². The minimum absolute atomic E-state index is 0.311. The Morgan fingerprint density at radius 1 is 1.32 bits per heavy atom. The molecule has 0 aromatic heterocycles. The summed E-state index contributed by atoms with van der Waals surface area (Å²) in [7, 11) is -1.98. The van der Waals surface area contributed by atoms with E-state index in [1.165, 1.54) is 4.31 Å². The van der Waals surface area contributed by atoms with Crippen molar-refractivity contribution in [1.29, 1.82) is 0 Å². The number of anilines is 1. The first-order valence-corrected chi connectivity index (χ1v) is 7.65. The summed E-state index contributed by atoms with van der Waals surface area (Å²) in [6, 6.07) is 3.47. The van der Waals surface area contributed by atoms with Crippen molar-refractivity contribution in [3.05, 3.63) is 23.3 Å². The second kappa shape index (κ2) is 6.36. The van der Waals surface area contributed by atoms with Gasteiger partial charge in [-0.05, 0) is 31.0 Å². The van der Waals surface area contributed by atoms with Crippen molar-refractivity contribution in [2.75, 3.05) is 32.5 Å². The number of nitrogens with zero attached hydrogens (tertiary/aromatic N) is 1. The molecule has 1 aromatic rings. The van der Waals surface area contributed by atoms with Crippen LogP contribution in [0.25, 0.3) is 0 Å². The molecule has 0 heterocycles. The first-order valence-electron chi connectivity index (χ1n) is 6.21. The Labute approximate surface area is 115 Å². The van der Waals surface area contributed by atoms with Gasteiger partial charge in [-0.3, -0.25) is 0 Å². The lowest BCUT2D eigenvalue weighted by atomic mass is 10.1. The molecule has 2 N–H and O–H groups in total. The van der Waals surface area contributed by atoms with Crippen molar-refractivity contribution >= 4 is 15.7 Å². The van der Waals surface area contributed by atoms with Gasteiger partial charge in [0, 0.05) is 25.9 Å². The number of hydrogen-bond acceptors (Lipinski definition) is 4. The summed E-state index contributed by atoms with van der Waals surface area (Å²) >= 11 is 0. The quantitative estimate of drug-likeness (QED) is 0.805. The van der Waals surface area contributed by atoms with Gasteiger partial charge in [0.25, 0.3) is 0 Å². The van der Waals surface area contributed by atoms with Gasteiger partial charge < -0.3 is 10.5 Å². The molecule has 1 aromatic carbocycles. The van der Waals surface area contributed by atoms with Gasteiger partial charge in [0.05, 0.1) is 11.5 Å². The van der Waals surface area contributed by atoms with E-state index < -0.39 is 10.0 Å². The number of likely N-dealkylation sites (N-methyl/N-ethyl adjacent to an activating group) is 1. The van der Waals surface area contributed by atoms with Crippen LogP contribution in [-0.4, -0.2) is 39.5 Å². The van der Waals surface area contributed by atoms with Gasteiger partial charge in [-0.2, -0.15) is 4.31 Å². The van der Waals surface area contributed by atoms with Crippen LogP contribution in [0.15, 0.2) is 17.0 Å². The van der Waals surface area contributed by atoms with Crippen LogP contribution in [0.5, 0.6) is 0 Å². The van der Waals surface area contributed by atoms with Crippen molar-refractivity contribution in [3.8, 4) is 0 Å². The maximum atomic E-state index is 12.7. The molecule has 0 aliphatic heterocycles. The number of methoxy groups -OCH3 is 1. The summed E-state index contributed by atoms with van der Waals surface area (Å²) < 4.78 is 31.7. The van der Waals surface area contributed by atoms with Gasteiger partial charge in [0.2, 0.25) is 10.0 Å². The highest BCUT2D eigenvalue weighted by atomic mass is 32.2. The zero-order valence-corrected chi connectivity index (χ0v) is 12.8. The SMILES string of the molecule is CCN(CCOC)S(=O)(=O)c1c(C)ccc(N)c1C. The smallest absolute Gasteiger partial charge is 0.243 e. The molecule has 6 heteroatoms. The number of benzene rings is 1. The summed E-state index contributed by atoms with van der Waals surface area (Å²) in [5, 5.41) is 0. The number of ether oxygens (including phenoxy) is 1. The van der Waals surface area contributed by atoms with Crippen LogP contribution in [0.2, 0.25) is 0 Å². The molecule has 0 spiro atoms. The number of rotatable bonds is 6. The molecule has 0 fully saturated rings. The van der Waals surface area contributed by atoms with Gasteiger partial charge in [0.1, 0.15) is 0 Å². The van der Waals surface area contributed by atoms with E-state index >= 15 is 0 Å². The number of sulfonamides is 1. The molecule has 5 nitrogen and oxygen atoms in total.